The Morgan fingerprint density at radius 1 is 1.00 bits per heavy atom. The lowest BCUT2D eigenvalue weighted by Crippen LogP contribution is -2.19. The van der Waals surface area contributed by atoms with Crippen LogP contribution in [0.5, 0.6) is 0 Å². The highest BCUT2D eigenvalue weighted by Crippen LogP contribution is 2.41. The topological polar surface area (TPSA) is 90.4 Å². The summed E-state index contributed by atoms with van der Waals surface area (Å²) in [6.45, 7) is 0. The summed E-state index contributed by atoms with van der Waals surface area (Å²) in [6.07, 6.45) is 6.19. The molecule has 5 nitrogen and oxygen atoms in total. The summed E-state index contributed by atoms with van der Waals surface area (Å²) in [4.78, 5) is 27.9. The Hall–Kier alpha value is -2.82. The quantitative estimate of drug-likeness (QED) is 0.720. The van der Waals surface area contributed by atoms with Gasteiger partial charge in [-0.05, 0) is 24.8 Å². The van der Waals surface area contributed by atoms with E-state index in [-0.39, 0.29) is 11.5 Å². The van der Waals surface area contributed by atoms with Crippen molar-refractivity contribution < 1.29 is 19.8 Å². The molecule has 2 aromatic rings. The molecule has 0 bridgehead atoms. The summed E-state index contributed by atoms with van der Waals surface area (Å²) in [5.41, 5.74) is 2.19. The van der Waals surface area contributed by atoms with Gasteiger partial charge in [-0.25, -0.2) is 0 Å². The number of benzene rings is 1. The number of aromatic amines is 1. The van der Waals surface area contributed by atoms with Gasteiger partial charge in [0.25, 0.3) is 0 Å². The van der Waals surface area contributed by atoms with E-state index < -0.39 is 23.1 Å². The van der Waals surface area contributed by atoms with Crippen molar-refractivity contribution in [3.05, 3.63) is 53.1 Å². The maximum absolute atomic E-state index is 12.6. The van der Waals surface area contributed by atoms with Crippen molar-refractivity contribution in [3.8, 4) is 0 Å². The number of H-pyrrole nitrogens is 1. The lowest BCUT2D eigenvalue weighted by Gasteiger charge is -2.23. The summed E-state index contributed by atoms with van der Waals surface area (Å²) in [6, 6.07) is 7.52. The molecule has 1 heterocycles. The number of carbonyl (C=O) groups is 2. The van der Waals surface area contributed by atoms with Crippen LogP contribution in [0.15, 0.2) is 41.9 Å². The van der Waals surface area contributed by atoms with Crippen molar-refractivity contribution in [2.45, 2.75) is 38.0 Å². The van der Waals surface area contributed by atoms with E-state index in [1.807, 2.05) is 24.3 Å². The largest absolute Gasteiger partial charge is 0.504 e. The SMILES string of the molecule is O=C1C=C(O)C(=O)C(c2c(C3CCCCC3)[nH]c3ccccc23)=C1O. The van der Waals surface area contributed by atoms with Crippen molar-refractivity contribution in [1.29, 1.82) is 0 Å². The molecule has 25 heavy (non-hydrogen) atoms. The minimum atomic E-state index is -0.744. The van der Waals surface area contributed by atoms with Crippen LogP contribution in [0.3, 0.4) is 0 Å². The molecular formula is C20H19NO4. The van der Waals surface area contributed by atoms with Gasteiger partial charge in [0.1, 0.15) is 0 Å². The second kappa shape index (κ2) is 5.92. The van der Waals surface area contributed by atoms with E-state index in [9.17, 15) is 19.8 Å². The van der Waals surface area contributed by atoms with Gasteiger partial charge < -0.3 is 15.2 Å². The minimum Gasteiger partial charge on any atom is -0.504 e. The van der Waals surface area contributed by atoms with Crippen LogP contribution in [-0.4, -0.2) is 26.8 Å². The average molecular weight is 337 g/mol. The van der Waals surface area contributed by atoms with Crippen LogP contribution < -0.4 is 0 Å². The maximum Gasteiger partial charge on any atom is 0.232 e. The molecule has 2 aliphatic carbocycles. The third-order valence-electron chi connectivity index (χ3n) is 5.20. The summed E-state index contributed by atoms with van der Waals surface area (Å²) >= 11 is 0. The number of nitrogens with one attached hydrogen (secondary N) is 1. The molecule has 4 rings (SSSR count). The summed E-state index contributed by atoms with van der Waals surface area (Å²) < 4.78 is 0. The molecule has 0 radical (unpaired) electrons. The Morgan fingerprint density at radius 2 is 1.72 bits per heavy atom. The van der Waals surface area contributed by atoms with E-state index >= 15 is 0 Å². The number of carbonyl (C=O) groups excluding carboxylic acids is 2. The Labute approximate surface area is 144 Å². The lowest BCUT2D eigenvalue weighted by molar-refractivity contribution is -0.117. The third-order valence-corrected chi connectivity index (χ3v) is 5.20. The van der Waals surface area contributed by atoms with Gasteiger partial charge in [0.15, 0.2) is 11.5 Å². The monoisotopic (exact) mass is 337 g/mol. The number of hydrogen-bond acceptors (Lipinski definition) is 4. The first-order chi connectivity index (χ1) is 12.1. The normalized spacial score (nSPS) is 19.6. The van der Waals surface area contributed by atoms with Gasteiger partial charge >= 0.3 is 0 Å². The molecule has 0 saturated heterocycles. The smallest absolute Gasteiger partial charge is 0.232 e. The van der Waals surface area contributed by atoms with Gasteiger partial charge in [0.2, 0.25) is 11.6 Å². The highest BCUT2D eigenvalue weighted by Gasteiger charge is 2.34. The number of aromatic nitrogens is 1. The number of fused-ring (bicyclic) bond motifs is 1. The Bertz CT molecular complexity index is 942. The molecule has 1 aromatic heterocycles. The van der Waals surface area contributed by atoms with Gasteiger partial charge in [-0.1, -0.05) is 37.5 Å². The first-order valence-electron chi connectivity index (χ1n) is 8.62. The molecule has 1 saturated carbocycles. The lowest BCUT2D eigenvalue weighted by atomic mass is 9.82. The van der Waals surface area contributed by atoms with Crippen molar-refractivity contribution in [3.63, 3.8) is 0 Å². The molecule has 0 spiro atoms. The molecule has 5 heteroatoms. The number of hydrogen-bond donors (Lipinski definition) is 3. The predicted octanol–water partition coefficient (Wildman–Crippen LogP) is 4.08. The van der Waals surface area contributed by atoms with Crippen molar-refractivity contribution in [2.75, 3.05) is 0 Å². The highest BCUT2D eigenvalue weighted by atomic mass is 16.3. The Kier molecular flexibility index (Phi) is 3.71. The van der Waals surface area contributed by atoms with Crippen LogP contribution in [0, 0.1) is 0 Å². The third kappa shape index (κ3) is 2.47. The Balaban J connectivity index is 1.98. The van der Waals surface area contributed by atoms with E-state index in [1.54, 1.807) is 0 Å². The fraction of sp³-hybridized carbons (Fsp3) is 0.300. The number of ketones is 2. The van der Waals surface area contributed by atoms with E-state index in [0.717, 1.165) is 48.4 Å². The fourth-order valence-corrected chi connectivity index (χ4v) is 3.98. The number of aliphatic hydroxyl groups is 2. The first-order valence-corrected chi connectivity index (χ1v) is 8.62. The van der Waals surface area contributed by atoms with Crippen LogP contribution in [-0.2, 0) is 9.59 Å². The number of aliphatic hydroxyl groups excluding tert-OH is 2. The van der Waals surface area contributed by atoms with Gasteiger partial charge in [-0.3, -0.25) is 9.59 Å². The number of para-hydroxylation sites is 1. The molecule has 1 fully saturated rings. The zero-order valence-electron chi connectivity index (χ0n) is 13.7. The highest BCUT2D eigenvalue weighted by molar-refractivity contribution is 6.38. The number of allylic oxidation sites excluding steroid dienone is 2. The van der Waals surface area contributed by atoms with E-state index in [0.29, 0.717) is 5.56 Å². The fourth-order valence-electron chi connectivity index (χ4n) is 3.98. The summed E-state index contributed by atoms with van der Waals surface area (Å²) in [5, 5.41) is 20.9. The van der Waals surface area contributed by atoms with Gasteiger partial charge in [0.05, 0.1) is 5.57 Å². The van der Waals surface area contributed by atoms with Gasteiger partial charge in [-0.2, -0.15) is 0 Å². The van der Waals surface area contributed by atoms with Crippen LogP contribution in [0.4, 0.5) is 0 Å². The second-order valence-electron chi connectivity index (χ2n) is 6.74. The van der Waals surface area contributed by atoms with Crippen molar-refractivity contribution in [1.82, 2.24) is 4.98 Å². The first kappa shape index (κ1) is 15.7. The average Bonchev–Trinajstić information content (AvgIpc) is 3.01. The standard InChI is InChI=1S/C20H19NO4/c22-14-10-15(23)20(25)17(19(14)24)16-12-8-4-5-9-13(12)21-18(16)11-6-2-1-3-7-11/h4-5,8-11,21-22,25H,1-3,6-7H2. The molecule has 0 atom stereocenters. The Morgan fingerprint density at radius 3 is 2.48 bits per heavy atom. The van der Waals surface area contributed by atoms with Gasteiger partial charge in [0, 0.05) is 28.2 Å². The van der Waals surface area contributed by atoms with Crippen LogP contribution in [0.2, 0.25) is 0 Å². The molecule has 0 aliphatic heterocycles. The summed E-state index contributed by atoms with van der Waals surface area (Å²) in [7, 11) is 0. The minimum absolute atomic E-state index is 0.0944. The molecule has 0 amide bonds. The molecule has 3 N–H and O–H groups in total. The zero-order chi connectivity index (χ0) is 17.6. The molecule has 128 valence electrons. The predicted molar refractivity (Wildman–Crippen MR) is 94.4 cm³/mol. The number of rotatable bonds is 2. The van der Waals surface area contributed by atoms with E-state index in [2.05, 4.69) is 4.98 Å². The number of Topliss-reactive ketones (excluding diaryl/α,β-unsaturated/α-hetero) is 1. The van der Waals surface area contributed by atoms with Crippen LogP contribution in [0.25, 0.3) is 16.5 Å². The molecule has 1 aromatic carbocycles. The maximum atomic E-state index is 12.6. The van der Waals surface area contributed by atoms with Crippen molar-refractivity contribution >= 4 is 28.0 Å². The van der Waals surface area contributed by atoms with E-state index in [1.165, 1.54) is 6.42 Å². The molecular weight excluding hydrogens is 318 g/mol. The molecule has 0 unspecified atom stereocenters. The van der Waals surface area contributed by atoms with Crippen LogP contribution in [0.1, 0.15) is 49.3 Å². The molecule has 2 aliphatic rings. The second-order valence-corrected chi connectivity index (χ2v) is 6.74. The van der Waals surface area contributed by atoms with Crippen molar-refractivity contribution in [2.24, 2.45) is 0 Å². The van der Waals surface area contributed by atoms with Gasteiger partial charge in [-0.15, -0.1) is 0 Å². The summed E-state index contributed by atoms with van der Waals surface area (Å²) in [5.74, 6) is -2.43. The zero-order valence-corrected chi connectivity index (χ0v) is 13.7. The van der Waals surface area contributed by atoms with E-state index in [4.69, 9.17) is 0 Å². The van der Waals surface area contributed by atoms with Crippen LogP contribution >= 0.6 is 0 Å².